The lowest BCUT2D eigenvalue weighted by Crippen LogP contribution is -1.95. The van der Waals surface area contributed by atoms with Crippen LogP contribution in [0.1, 0.15) is 10.5 Å². The molecule has 0 saturated heterocycles. The van der Waals surface area contributed by atoms with Gasteiger partial charge in [-0.15, -0.1) is 0 Å². The number of para-hydroxylation sites is 1. The topological polar surface area (TPSA) is 86.5 Å². The number of nitrogens with one attached hydrogen (secondary N) is 1. The maximum Gasteiger partial charge on any atom is 0.352 e. The van der Waals surface area contributed by atoms with E-state index in [9.17, 15) is 9.90 Å². The fourth-order valence-corrected chi connectivity index (χ4v) is 1.84. The zero-order chi connectivity index (χ0) is 12.7. The molecule has 0 bridgehead atoms. The molecule has 3 N–H and O–H groups in total. The second-order valence-electron chi connectivity index (χ2n) is 3.90. The van der Waals surface area contributed by atoms with Crippen molar-refractivity contribution in [3.8, 4) is 17.2 Å². The van der Waals surface area contributed by atoms with Crippen LogP contribution in [0.5, 0.6) is 5.75 Å². The quantitative estimate of drug-likeness (QED) is 0.645. The molecular weight excluding hydrogens is 234 g/mol. The van der Waals surface area contributed by atoms with E-state index in [0.717, 1.165) is 5.39 Å². The lowest BCUT2D eigenvalue weighted by atomic mass is 10.2. The van der Waals surface area contributed by atoms with E-state index in [2.05, 4.69) is 4.98 Å². The number of hydrogen-bond donors (Lipinski definition) is 3. The molecule has 0 unspecified atom stereocenters. The summed E-state index contributed by atoms with van der Waals surface area (Å²) in [7, 11) is 0. The summed E-state index contributed by atoms with van der Waals surface area (Å²) >= 11 is 0. The predicted molar refractivity (Wildman–Crippen MR) is 64.6 cm³/mol. The normalized spacial score (nSPS) is 10.9. The highest BCUT2D eigenvalue weighted by atomic mass is 16.4. The summed E-state index contributed by atoms with van der Waals surface area (Å²) in [5.74, 6) is -0.483. The van der Waals surface area contributed by atoms with E-state index in [0.29, 0.717) is 17.0 Å². The number of phenols is 1. The Labute approximate surface area is 101 Å². The minimum Gasteiger partial charge on any atom is -0.504 e. The third-order valence-corrected chi connectivity index (χ3v) is 2.71. The van der Waals surface area contributed by atoms with Gasteiger partial charge >= 0.3 is 5.97 Å². The molecular formula is C13H9NO4. The van der Waals surface area contributed by atoms with Crippen molar-refractivity contribution in [1.82, 2.24) is 4.98 Å². The molecule has 1 aromatic carbocycles. The van der Waals surface area contributed by atoms with Crippen LogP contribution in [0.3, 0.4) is 0 Å². The minimum absolute atomic E-state index is 0.0590. The Bertz CT molecular complexity index is 738. The molecule has 3 aromatic rings. The number of aromatic nitrogens is 1. The third kappa shape index (κ3) is 1.53. The van der Waals surface area contributed by atoms with E-state index in [1.165, 1.54) is 12.1 Å². The van der Waals surface area contributed by atoms with Crippen molar-refractivity contribution in [2.24, 2.45) is 0 Å². The Morgan fingerprint density at radius 2 is 2.06 bits per heavy atom. The second kappa shape index (κ2) is 3.66. The number of furan rings is 1. The number of aromatic amines is 1. The van der Waals surface area contributed by atoms with E-state index in [1.807, 2.05) is 6.07 Å². The summed E-state index contributed by atoms with van der Waals surface area (Å²) in [6, 6.07) is 9.89. The van der Waals surface area contributed by atoms with Gasteiger partial charge in [-0.3, -0.25) is 0 Å². The predicted octanol–water partition coefficient (Wildman–Crippen LogP) is 2.83. The van der Waals surface area contributed by atoms with Crippen LogP contribution in [0.15, 0.2) is 40.8 Å². The number of aromatic hydroxyl groups is 1. The molecule has 18 heavy (non-hydrogen) atoms. The lowest BCUT2D eigenvalue weighted by Gasteiger charge is -1.92. The van der Waals surface area contributed by atoms with Crippen molar-refractivity contribution in [2.75, 3.05) is 0 Å². The van der Waals surface area contributed by atoms with Crippen LogP contribution in [0.2, 0.25) is 0 Å². The Hall–Kier alpha value is -2.69. The summed E-state index contributed by atoms with van der Waals surface area (Å²) in [6.45, 7) is 0. The fraction of sp³-hybridized carbons (Fsp3) is 0. The van der Waals surface area contributed by atoms with E-state index in [-0.39, 0.29) is 11.4 Å². The van der Waals surface area contributed by atoms with E-state index in [4.69, 9.17) is 9.52 Å². The van der Waals surface area contributed by atoms with E-state index in [1.54, 1.807) is 18.2 Å². The van der Waals surface area contributed by atoms with Crippen molar-refractivity contribution < 1.29 is 19.4 Å². The molecule has 0 fully saturated rings. The number of benzene rings is 1. The van der Waals surface area contributed by atoms with E-state index >= 15 is 0 Å². The van der Waals surface area contributed by atoms with Gasteiger partial charge < -0.3 is 19.6 Å². The average Bonchev–Trinajstić information content (AvgIpc) is 2.95. The first-order valence-electron chi connectivity index (χ1n) is 5.29. The number of aromatic carboxylic acids is 1. The van der Waals surface area contributed by atoms with Crippen LogP contribution in [0.4, 0.5) is 0 Å². The van der Waals surface area contributed by atoms with Crippen LogP contribution >= 0.6 is 0 Å². The van der Waals surface area contributed by atoms with Crippen LogP contribution in [0.25, 0.3) is 22.4 Å². The van der Waals surface area contributed by atoms with Gasteiger partial charge in [0, 0.05) is 5.39 Å². The Morgan fingerprint density at radius 3 is 2.72 bits per heavy atom. The fourth-order valence-electron chi connectivity index (χ4n) is 1.84. The minimum atomic E-state index is -1.03. The van der Waals surface area contributed by atoms with E-state index < -0.39 is 5.97 Å². The van der Waals surface area contributed by atoms with Crippen molar-refractivity contribution in [3.05, 3.63) is 42.1 Å². The monoisotopic (exact) mass is 243 g/mol. The van der Waals surface area contributed by atoms with Crippen molar-refractivity contribution in [2.45, 2.75) is 0 Å². The smallest absolute Gasteiger partial charge is 0.352 e. The third-order valence-electron chi connectivity index (χ3n) is 2.71. The van der Waals surface area contributed by atoms with Gasteiger partial charge in [0.05, 0.1) is 5.69 Å². The molecule has 0 amide bonds. The first-order valence-corrected chi connectivity index (χ1v) is 5.29. The zero-order valence-corrected chi connectivity index (χ0v) is 9.18. The van der Waals surface area contributed by atoms with Crippen LogP contribution < -0.4 is 0 Å². The van der Waals surface area contributed by atoms with Crippen molar-refractivity contribution in [3.63, 3.8) is 0 Å². The van der Waals surface area contributed by atoms with Crippen LogP contribution in [-0.4, -0.2) is 21.2 Å². The average molecular weight is 243 g/mol. The lowest BCUT2D eigenvalue weighted by molar-refractivity contribution is 0.0691. The van der Waals surface area contributed by atoms with Gasteiger partial charge in [-0.25, -0.2) is 4.79 Å². The second-order valence-corrected chi connectivity index (χ2v) is 3.90. The Kier molecular flexibility index (Phi) is 2.13. The van der Waals surface area contributed by atoms with Gasteiger partial charge in [0.1, 0.15) is 5.69 Å². The molecule has 2 heterocycles. The molecule has 0 aliphatic carbocycles. The Morgan fingerprint density at radius 1 is 1.22 bits per heavy atom. The van der Waals surface area contributed by atoms with Crippen LogP contribution in [0, 0.1) is 0 Å². The number of rotatable bonds is 2. The van der Waals surface area contributed by atoms with Gasteiger partial charge in [-0.05, 0) is 24.3 Å². The number of phenolic OH excluding ortho intramolecular Hbond substituents is 1. The molecule has 0 aliphatic heterocycles. The summed E-state index contributed by atoms with van der Waals surface area (Å²) in [4.78, 5) is 13.5. The van der Waals surface area contributed by atoms with Crippen molar-refractivity contribution >= 4 is 16.9 Å². The first-order chi connectivity index (χ1) is 8.65. The van der Waals surface area contributed by atoms with Crippen LogP contribution in [-0.2, 0) is 0 Å². The molecule has 0 radical (unpaired) electrons. The molecule has 0 saturated carbocycles. The summed E-state index contributed by atoms with van der Waals surface area (Å²) < 4.78 is 5.50. The Balaban J connectivity index is 2.13. The highest BCUT2D eigenvalue weighted by Crippen LogP contribution is 2.32. The largest absolute Gasteiger partial charge is 0.504 e. The van der Waals surface area contributed by atoms with Gasteiger partial charge in [-0.1, -0.05) is 12.1 Å². The number of hydrogen-bond acceptors (Lipinski definition) is 3. The summed E-state index contributed by atoms with van der Waals surface area (Å²) in [6.07, 6.45) is 0. The number of carbonyl (C=O) groups is 1. The molecule has 5 heteroatoms. The molecule has 90 valence electrons. The van der Waals surface area contributed by atoms with Gasteiger partial charge in [0.15, 0.2) is 17.1 Å². The summed E-state index contributed by atoms with van der Waals surface area (Å²) in [5, 5.41) is 19.2. The molecule has 0 spiro atoms. The SMILES string of the molecule is O=C(O)c1ccc(-c2cc3cccc(O)c3o2)[nH]1. The van der Waals surface area contributed by atoms with Gasteiger partial charge in [0.2, 0.25) is 0 Å². The van der Waals surface area contributed by atoms with Crippen molar-refractivity contribution in [1.29, 1.82) is 0 Å². The maximum absolute atomic E-state index is 10.8. The van der Waals surface area contributed by atoms with Gasteiger partial charge in [-0.2, -0.15) is 0 Å². The highest BCUT2D eigenvalue weighted by Gasteiger charge is 2.12. The molecule has 2 aromatic heterocycles. The standard InChI is InChI=1S/C13H9NO4/c15-10-3-1-2-7-6-11(18-12(7)10)8-4-5-9(14-8)13(16)17/h1-6,14-15H,(H,16,17). The molecule has 5 nitrogen and oxygen atoms in total. The number of carboxylic acids is 1. The number of fused-ring (bicyclic) bond motifs is 1. The zero-order valence-electron chi connectivity index (χ0n) is 9.18. The molecule has 0 atom stereocenters. The molecule has 0 aliphatic rings. The summed E-state index contributed by atoms with van der Waals surface area (Å²) in [5.41, 5.74) is 1.04. The number of carboxylic acid groups (broad SMARTS) is 1. The van der Waals surface area contributed by atoms with Gasteiger partial charge in [0.25, 0.3) is 0 Å². The first kappa shape index (κ1) is 10.5. The maximum atomic E-state index is 10.8. The highest BCUT2D eigenvalue weighted by molar-refractivity contribution is 5.89. The molecule has 3 rings (SSSR count). The number of H-pyrrole nitrogens is 1.